The number of fused-ring (bicyclic) bond motifs is 1. The van der Waals surface area contributed by atoms with Crippen LogP contribution in [0.15, 0.2) is 59.4 Å². The van der Waals surface area contributed by atoms with Crippen LogP contribution in [0.3, 0.4) is 0 Å². The maximum atomic E-state index is 12.3. The van der Waals surface area contributed by atoms with Crippen molar-refractivity contribution in [2.75, 3.05) is 5.32 Å². The predicted octanol–water partition coefficient (Wildman–Crippen LogP) is 3.62. The van der Waals surface area contributed by atoms with E-state index in [1.165, 1.54) is 24.7 Å². The Kier molecular flexibility index (Phi) is 4.29. The van der Waals surface area contributed by atoms with Crippen molar-refractivity contribution < 1.29 is 4.79 Å². The predicted molar refractivity (Wildman–Crippen MR) is 107 cm³/mol. The van der Waals surface area contributed by atoms with Crippen LogP contribution in [0.5, 0.6) is 0 Å². The molecular formula is C20H16N4O2S. The molecule has 0 unspecified atom stereocenters. The minimum absolute atomic E-state index is 0.183. The first-order valence-electron chi connectivity index (χ1n) is 8.33. The van der Waals surface area contributed by atoms with E-state index in [-0.39, 0.29) is 17.2 Å². The van der Waals surface area contributed by atoms with Gasteiger partial charge in [-0.1, -0.05) is 6.07 Å². The summed E-state index contributed by atoms with van der Waals surface area (Å²) in [6.45, 7) is 2.07. The summed E-state index contributed by atoms with van der Waals surface area (Å²) in [7, 11) is 1.51. The lowest BCUT2D eigenvalue weighted by molar-refractivity contribution is 0.102. The van der Waals surface area contributed by atoms with E-state index < -0.39 is 0 Å². The molecule has 2 aromatic carbocycles. The number of nitrogens with one attached hydrogen (secondary N) is 1. The van der Waals surface area contributed by atoms with Crippen molar-refractivity contribution in [3.05, 3.63) is 76.2 Å². The van der Waals surface area contributed by atoms with Crippen LogP contribution in [-0.2, 0) is 7.05 Å². The summed E-state index contributed by atoms with van der Waals surface area (Å²) >= 11 is 1.64. The number of hydrogen-bond donors (Lipinski definition) is 1. The molecule has 0 saturated heterocycles. The zero-order valence-corrected chi connectivity index (χ0v) is 15.6. The topological polar surface area (TPSA) is 76.9 Å². The Hall–Kier alpha value is -3.32. The fraction of sp³-hybridized carbons (Fsp3) is 0.100. The standard InChI is InChI=1S/C20H16N4O2S/c1-12-3-8-15-17(11-12)27-20(22-15)13-4-6-14(7-5-13)21-19(26)16-9-10-18(25)24(2)23-16/h3-11H,1-2H3,(H,21,26). The molecule has 2 heterocycles. The van der Waals surface area contributed by atoms with Crippen molar-refractivity contribution >= 4 is 33.1 Å². The molecule has 0 fully saturated rings. The normalized spacial score (nSPS) is 10.9. The molecule has 0 spiro atoms. The maximum Gasteiger partial charge on any atom is 0.276 e. The molecule has 7 heteroatoms. The molecule has 0 aliphatic heterocycles. The van der Waals surface area contributed by atoms with Gasteiger partial charge in [0.1, 0.15) is 10.7 Å². The van der Waals surface area contributed by atoms with Crippen LogP contribution in [-0.4, -0.2) is 20.7 Å². The molecule has 2 aromatic heterocycles. The quantitative estimate of drug-likeness (QED) is 0.592. The van der Waals surface area contributed by atoms with Gasteiger partial charge in [-0.25, -0.2) is 9.67 Å². The fourth-order valence-corrected chi connectivity index (χ4v) is 3.74. The first-order chi connectivity index (χ1) is 13.0. The van der Waals surface area contributed by atoms with Crippen LogP contribution in [0.2, 0.25) is 0 Å². The number of carbonyl (C=O) groups excluding carboxylic acids is 1. The van der Waals surface area contributed by atoms with Crippen LogP contribution in [0.25, 0.3) is 20.8 Å². The molecule has 4 rings (SSSR count). The van der Waals surface area contributed by atoms with E-state index >= 15 is 0 Å². The zero-order valence-electron chi connectivity index (χ0n) is 14.8. The summed E-state index contributed by atoms with van der Waals surface area (Å²) in [5.74, 6) is -0.367. The van der Waals surface area contributed by atoms with Gasteiger partial charge in [-0.2, -0.15) is 5.10 Å². The van der Waals surface area contributed by atoms with E-state index in [2.05, 4.69) is 34.5 Å². The lowest BCUT2D eigenvalue weighted by Crippen LogP contribution is -2.23. The monoisotopic (exact) mass is 376 g/mol. The molecular weight excluding hydrogens is 360 g/mol. The number of nitrogens with zero attached hydrogens (tertiary/aromatic N) is 3. The Balaban J connectivity index is 1.55. The van der Waals surface area contributed by atoms with Gasteiger partial charge >= 0.3 is 0 Å². The average Bonchev–Trinajstić information content (AvgIpc) is 3.07. The summed E-state index contributed by atoms with van der Waals surface area (Å²) in [4.78, 5) is 28.3. The molecule has 6 nitrogen and oxygen atoms in total. The van der Waals surface area contributed by atoms with E-state index in [1.54, 1.807) is 11.3 Å². The smallest absolute Gasteiger partial charge is 0.276 e. The zero-order chi connectivity index (χ0) is 19.0. The third-order valence-electron chi connectivity index (χ3n) is 4.13. The molecule has 0 saturated carbocycles. The van der Waals surface area contributed by atoms with Crippen LogP contribution in [0, 0.1) is 6.92 Å². The van der Waals surface area contributed by atoms with Crippen molar-refractivity contribution in [1.82, 2.24) is 14.8 Å². The van der Waals surface area contributed by atoms with Gasteiger partial charge < -0.3 is 5.32 Å². The average molecular weight is 376 g/mol. The van der Waals surface area contributed by atoms with E-state index in [9.17, 15) is 9.59 Å². The van der Waals surface area contributed by atoms with Crippen LogP contribution in [0.4, 0.5) is 5.69 Å². The Labute approximate surface area is 159 Å². The van der Waals surface area contributed by atoms with Gasteiger partial charge in [0.05, 0.1) is 10.2 Å². The lowest BCUT2D eigenvalue weighted by atomic mass is 10.2. The van der Waals surface area contributed by atoms with E-state index in [0.29, 0.717) is 5.69 Å². The number of aromatic nitrogens is 3. The second-order valence-corrected chi connectivity index (χ2v) is 7.23. The van der Waals surface area contributed by atoms with Crippen molar-refractivity contribution in [2.45, 2.75) is 6.92 Å². The van der Waals surface area contributed by atoms with Gasteiger partial charge in [-0.3, -0.25) is 9.59 Å². The number of hydrogen-bond acceptors (Lipinski definition) is 5. The highest BCUT2D eigenvalue weighted by atomic mass is 32.1. The molecule has 0 aliphatic carbocycles. The summed E-state index contributed by atoms with van der Waals surface area (Å²) in [6.07, 6.45) is 0. The number of rotatable bonds is 3. The number of thiazole rings is 1. The van der Waals surface area contributed by atoms with Crippen LogP contribution < -0.4 is 10.9 Å². The van der Waals surface area contributed by atoms with Gasteiger partial charge in [0.25, 0.3) is 11.5 Å². The van der Waals surface area contributed by atoms with E-state index in [1.807, 2.05) is 30.3 Å². The molecule has 0 atom stereocenters. The minimum Gasteiger partial charge on any atom is -0.321 e. The van der Waals surface area contributed by atoms with Crippen LogP contribution >= 0.6 is 11.3 Å². The maximum absolute atomic E-state index is 12.3. The van der Waals surface area contributed by atoms with Gasteiger partial charge in [0, 0.05) is 24.4 Å². The number of anilines is 1. The highest BCUT2D eigenvalue weighted by Crippen LogP contribution is 2.31. The Bertz CT molecular complexity index is 1210. The fourth-order valence-electron chi connectivity index (χ4n) is 2.67. The van der Waals surface area contributed by atoms with Crippen molar-refractivity contribution in [3.8, 4) is 10.6 Å². The van der Waals surface area contributed by atoms with E-state index in [4.69, 9.17) is 0 Å². The molecule has 0 aliphatic rings. The second kappa shape index (κ2) is 6.77. The third kappa shape index (κ3) is 3.50. The van der Waals surface area contributed by atoms with Gasteiger partial charge in [0.15, 0.2) is 0 Å². The summed E-state index contributed by atoms with van der Waals surface area (Å²) in [5, 5.41) is 7.67. The number of carbonyl (C=O) groups is 1. The molecule has 0 bridgehead atoms. The SMILES string of the molecule is Cc1ccc2nc(-c3ccc(NC(=O)c4ccc(=O)n(C)n4)cc3)sc2c1. The number of benzene rings is 2. The second-order valence-electron chi connectivity index (χ2n) is 6.20. The molecule has 1 N–H and O–H groups in total. The van der Waals surface area contributed by atoms with Crippen molar-refractivity contribution in [2.24, 2.45) is 7.05 Å². The molecule has 4 aromatic rings. The van der Waals surface area contributed by atoms with Gasteiger partial charge in [-0.15, -0.1) is 11.3 Å². The summed E-state index contributed by atoms with van der Waals surface area (Å²) in [6, 6.07) is 16.4. The number of aryl methyl sites for hydroxylation is 2. The highest BCUT2D eigenvalue weighted by molar-refractivity contribution is 7.21. The molecule has 134 valence electrons. The number of amides is 1. The molecule has 1 amide bonds. The summed E-state index contributed by atoms with van der Waals surface area (Å²) < 4.78 is 2.29. The molecule has 27 heavy (non-hydrogen) atoms. The summed E-state index contributed by atoms with van der Waals surface area (Å²) in [5.41, 5.74) is 3.76. The van der Waals surface area contributed by atoms with Crippen molar-refractivity contribution in [1.29, 1.82) is 0 Å². The Morgan fingerprint density at radius 2 is 1.85 bits per heavy atom. The van der Waals surface area contributed by atoms with Crippen LogP contribution in [0.1, 0.15) is 16.1 Å². The molecule has 0 radical (unpaired) electrons. The van der Waals surface area contributed by atoms with Crippen molar-refractivity contribution in [3.63, 3.8) is 0 Å². The largest absolute Gasteiger partial charge is 0.321 e. The Morgan fingerprint density at radius 3 is 2.59 bits per heavy atom. The highest BCUT2D eigenvalue weighted by Gasteiger charge is 2.10. The first kappa shape index (κ1) is 17.1. The van der Waals surface area contributed by atoms with Gasteiger partial charge in [0.2, 0.25) is 0 Å². The van der Waals surface area contributed by atoms with Gasteiger partial charge in [-0.05, 0) is 55.0 Å². The van der Waals surface area contributed by atoms with E-state index in [0.717, 1.165) is 25.5 Å². The first-order valence-corrected chi connectivity index (χ1v) is 9.14. The third-order valence-corrected chi connectivity index (χ3v) is 5.19. The minimum atomic E-state index is -0.367. The lowest BCUT2D eigenvalue weighted by Gasteiger charge is -2.06. The Morgan fingerprint density at radius 1 is 1.07 bits per heavy atom.